The molecule has 1 rings (SSSR count). The molecule has 0 saturated carbocycles. The summed E-state index contributed by atoms with van der Waals surface area (Å²) in [5, 5.41) is 3.24. The highest BCUT2D eigenvalue weighted by atomic mass is 127. The maximum Gasteiger partial charge on any atom is 0.193 e. The minimum Gasteiger partial charge on any atom is -0.381 e. The minimum absolute atomic E-state index is 0. The van der Waals surface area contributed by atoms with Crippen molar-refractivity contribution in [3.05, 3.63) is 12.7 Å². The normalized spacial score (nSPS) is 16.9. The summed E-state index contributed by atoms with van der Waals surface area (Å²) in [5.41, 5.74) is 0. The molecule has 1 aliphatic rings. The van der Waals surface area contributed by atoms with E-state index in [9.17, 15) is 0 Å². The predicted octanol–water partition coefficient (Wildman–Crippen LogP) is 2.11. The zero-order chi connectivity index (χ0) is 12.5. The van der Waals surface area contributed by atoms with Crippen LogP contribution in [0.15, 0.2) is 17.6 Å². The van der Waals surface area contributed by atoms with Crippen LogP contribution in [-0.2, 0) is 4.74 Å². The molecule has 1 aliphatic heterocycles. The number of rotatable bonds is 5. The molecule has 0 amide bonds. The smallest absolute Gasteiger partial charge is 0.193 e. The maximum absolute atomic E-state index is 5.37. The molecule has 0 spiro atoms. The van der Waals surface area contributed by atoms with Crippen LogP contribution < -0.4 is 5.32 Å². The van der Waals surface area contributed by atoms with E-state index in [1.807, 2.05) is 13.1 Å². The fourth-order valence-electron chi connectivity index (χ4n) is 2.07. The molecule has 0 aromatic carbocycles. The van der Waals surface area contributed by atoms with Gasteiger partial charge in [-0.2, -0.15) is 0 Å². The van der Waals surface area contributed by atoms with Crippen molar-refractivity contribution < 1.29 is 4.74 Å². The molecule has 18 heavy (non-hydrogen) atoms. The van der Waals surface area contributed by atoms with Gasteiger partial charge in [0.05, 0.1) is 0 Å². The zero-order valence-corrected chi connectivity index (χ0v) is 13.9. The number of aliphatic imine (C=N–C) groups is 1. The third-order valence-electron chi connectivity index (χ3n) is 3.19. The van der Waals surface area contributed by atoms with E-state index in [1.165, 1.54) is 19.3 Å². The molecule has 5 heteroatoms. The van der Waals surface area contributed by atoms with Crippen LogP contribution in [0.1, 0.15) is 19.3 Å². The lowest BCUT2D eigenvalue weighted by atomic mass is 9.96. The van der Waals surface area contributed by atoms with Gasteiger partial charge in [-0.05, 0) is 25.2 Å². The number of ether oxygens (including phenoxy) is 1. The molecule has 0 aromatic rings. The Morgan fingerprint density at radius 3 is 2.72 bits per heavy atom. The molecule has 0 atom stereocenters. The van der Waals surface area contributed by atoms with Crippen molar-refractivity contribution in [3.8, 4) is 0 Å². The second kappa shape index (κ2) is 10.6. The summed E-state index contributed by atoms with van der Waals surface area (Å²) in [6.07, 6.45) is 5.46. The van der Waals surface area contributed by atoms with Gasteiger partial charge in [-0.1, -0.05) is 6.08 Å². The highest BCUT2D eigenvalue weighted by molar-refractivity contribution is 14.0. The average Bonchev–Trinajstić information content (AvgIpc) is 2.38. The first-order chi connectivity index (χ1) is 8.27. The van der Waals surface area contributed by atoms with Gasteiger partial charge in [0.2, 0.25) is 0 Å². The standard InChI is InChI=1S/C13H25N3O.HI/c1-4-8-15-13(14-2)16(3)9-5-12-6-10-17-11-7-12;/h4,12H,1,5-11H2,2-3H3,(H,14,15);1H. The van der Waals surface area contributed by atoms with E-state index in [4.69, 9.17) is 4.74 Å². The maximum atomic E-state index is 5.37. The fraction of sp³-hybridized carbons (Fsp3) is 0.769. The molecule has 0 unspecified atom stereocenters. The molecular formula is C13H26IN3O. The lowest BCUT2D eigenvalue weighted by Gasteiger charge is -2.26. The first-order valence-electron chi connectivity index (χ1n) is 6.38. The van der Waals surface area contributed by atoms with E-state index >= 15 is 0 Å². The molecule has 1 saturated heterocycles. The molecular weight excluding hydrogens is 341 g/mol. The Bertz CT molecular complexity index is 253. The summed E-state index contributed by atoms with van der Waals surface area (Å²) in [7, 11) is 3.90. The fourth-order valence-corrected chi connectivity index (χ4v) is 2.07. The van der Waals surface area contributed by atoms with Crippen LogP contribution in [0.5, 0.6) is 0 Å². The van der Waals surface area contributed by atoms with Crippen LogP contribution in [0.25, 0.3) is 0 Å². The first-order valence-corrected chi connectivity index (χ1v) is 6.38. The molecule has 0 radical (unpaired) electrons. The van der Waals surface area contributed by atoms with Crippen LogP contribution >= 0.6 is 24.0 Å². The second-order valence-electron chi connectivity index (χ2n) is 4.48. The van der Waals surface area contributed by atoms with Crippen LogP contribution in [-0.4, -0.2) is 51.3 Å². The molecule has 0 bridgehead atoms. The topological polar surface area (TPSA) is 36.9 Å². The highest BCUT2D eigenvalue weighted by Gasteiger charge is 2.15. The molecule has 0 aliphatic carbocycles. The Morgan fingerprint density at radius 1 is 1.50 bits per heavy atom. The van der Waals surface area contributed by atoms with Crippen molar-refractivity contribution in [2.75, 3.05) is 40.4 Å². The third kappa shape index (κ3) is 6.58. The number of nitrogens with zero attached hydrogens (tertiary/aromatic N) is 2. The van der Waals surface area contributed by atoms with Crippen molar-refractivity contribution in [3.63, 3.8) is 0 Å². The monoisotopic (exact) mass is 367 g/mol. The molecule has 1 heterocycles. The second-order valence-corrected chi connectivity index (χ2v) is 4.48. The molecule has 1 N–H and O–H groups in total. The summed E-state index contributed by atoms with van der Waals surface area (Å²) in [4.78, 5) is 6.43. The van der Waals surface area contributed by atoms with Crippen LogP contribution in [0.4, 0.5) is 0 Å². The molecule has 0 aromatic heterocycles. The van der Waals surface area contributed by atoms with Crippen LogP contribution in [0, 0.1) is 5.92 Å². The van der Waals surface area contributed by atoms with Crippen molar-refractivity contribution in [1.29, 1.82) is 0 Å². The number of hydrogen-bond donors (Lipinski definition) is 1. The quantitative estimate of drug-likeness (QED) is 0.350. The summed E-state index contributed by atoms with van der Waals surface area (Å²) < 4.78 is 5.37. The van der Waals surface area contributed by atoms with Gasteiger partial charge >= 0.3 is 0 Å². The minimum atomic E-state index is 0. The average molecular weight is 367 g/mol. The third-order valence-corrected chi connectivity index (χ3v) is 3.19. The lowest BCUT2D eigenvalue weighted by molar-refractivity contribution is 0.0625. The lowest BCUT2D eigenvalue weighted by Crippen LogP contribution is -2.40. The first kappa shape index (κ1) is 17.7. The van der Waals surface area contributed by atoms with Gasteiger partial charge in [0.25, 0.3) is 0 Å². The van der Waals surface area contributed by atoms with E-state index in [0.29, 0.717) is 0 Å². The molecule has 106 valence electrons. The van der Waals surface area contributed by atoms with Gasteiger partial charge in [-0.15, -0.1) is 30.6 Å². The van der Waals surface area contributed by atoms with Crippen LogP contribution in [0.2, 0.25) is 0 Å². The Morgan fingerprint density at radius 2 is 2.17 bits per heavy atom. The summed E-state index contributed by atoms with van der Waals surface area (Å²) in [6, 6.07) is 0. The molecule has 1 fully saturated rings. The van der Waals surface area contributed by atoms with E-state index in [0.717, 1.165) is 38.2 Å². The van der Waals surface area contributed by atoms with E-state index < -0.39 is 0 Å². The van der Waals surface area contributed by atoms with Crippen LogP contribution in [0.3, 0.4) is 0 Å². The van der Waals surface area contributed by atoms with Gasteiger partial charge in [-0.3, -0.25) is 4.99 Å². The Hall–Kier alpha value is -0.300. The Kier molecular flexibility index (Phi) is 10.4. The number of halogens is 1. The number of nitrogens with one attached hydrogen (secondary N) is 1. The Balaban J connectivity index is 0.00000289. The summed E-state index contributed by atoms with van der Waals surface area (Å²) in [5.74, 6) is 1.75. The van der Waals surface area contributed by atoms with Crippen molar-refractivity contribution in [2.45, 2.75) is 19.3 Å². The van der Waals surface area contributed by atoms with Crippen molar-refractivity contribution in [2.24, 2.45) is 10.9 Å². The zero-order valence-electron chi connectivity index (χ0n) is 11.5. The Labute approximate surface area is 128 Å². The highest BCUT2D eigenvalue weighted by Crippen LogP contribution is 2.18. The molecule has 4 nitrogen and oxygen atoms in total. The number of hydrogen-bond acceptors (Lipinski definition) is 2. The largest absolute Gasteiger partial charge is 0.381 e. The van der Waals surface area contributed by atoms with Gasteiger partial charge < -0.3 is 15.0 Å². The van der Waals surface area contributed by atoms with E-state index in [1.54, 1.807) is 0 Å². The predicted molar refractivity (Wildman–Crippen MR) is 87.8 cm³/mol. The van der Waals surface area contributed by atoms with Crippen molar-refractivity contribution >= 4 is 29.9 Å². The van der Waals surface area contributed by atoms with E-state index in [-0.39, 0.29) is 24.0 Å². The summed E-state index contributed by atoms with van der Waals surface area (Å²) >= 11 is 0. The van der Waals surface area contributed by atoms with Gasteiger partial charge in [0.15, 0.2) is 5.96 Å². The van der Waals surface area contributed by atoms with Gasteiger partial charge in [-0.25, -0.2) is 0 Å². The summed E-state index contributed by atoms with van der Waals surface area (Å²) in [6.45, 7) is 7.35. The van der Waals surface area contributed by atoms with E-state index in [2.05, 4.69) is 28.8 Å². The van der Waals surface area contributed by atoms with Gasteiger partial charge in [0.1, 0.15) is 0 Å². The number of guanidine groups is 1. The SMILES string of the molecule is C=CCNC(=NC)N(C)CCC1CCOCC1.I. The van der Waals surface area contributed by atoms with Crippen molar-refractivity contribution in [1.82, 2.24) is 10.2 Å². The van der Waals surface area contributed by atoms with Gasteiger partial charge in [0, 0.05) is 40.4 Å².